The van der Waals surface area contributed by atoms with Gasteiger partial charge in [0.05, 0.1) is 6.10 Å². The van der Waals surface area contributed by atoms with E-state index in [1.807, 2.05) is 13.8 Å². The lowest BCUT2D eigenvalue weighted by Gasteiger charge is -2.14. The lowest BCUT2D eigenvalue weighted by atomic mass is 10.0. The maximum absolute atomic E-state index is 10.6. The molecule has 0 N–H and O–H groups in total. The molecular weight excluding hydrogens is 168 g/mol. The van der Waals surface area contributed by atoms with E-state index in [0.717, 1.165) is 0 Å². The molecule has 0 aromatic rings. The van der Waals surface area contributed by atoms with E-state index in [1.54, 1.807) is 6.92 Å². The Morgan fingerprint density at radius 2 is 1.62 bits per heavy atom. The number of halogens is 1. The second-order valence-electron chi connectivity index (χ2n) is 2.24. The van der Waals surface area contributed by atoms with Crippen molar-refractivity contribution in [2.24, 2.45) is 5.92 Å². The lowest BCUT2D eigenvalue weighted by Crippen LogP contribution is -2.18. The standard InChI is InChI=1S/C6H12BrO/c1-4(5(2)7)6(3)8/h4-6H,1-3H3. The van der Waals surface area contributed by atoms with Gasteiger partial charge >= 0.3 is 0 Å². The third-order valence-corrected chi connectivity index (χ3v) is 2.30. The van der Waals surface area contributed by atoms with E-state index >= 15 is 0 Å². The Kier molecular flexibility index (Phi) is 3.65. The van der Waals surface area contributed by atoms with Gasteiger partial charge in [-0.25, -0.2) is 5.11 Å². The van der Waals surface area contributed by atoms with Crippen molar-refractivity contribution in [3.05, 3.63) is 0 Å². The Labute approximate surface area is 59.2 Å². The minimum Gasteiger partial charge on any atom is -0.233 e. The lowest BCUT2D eigenvalue weighted by molar-refractivity contribution is 0.0603. The molecule has 3 unspecified atom stereocenters. The molecule has 0 rings (SSSR count). The van der Waals surface area contributed by atoms with Crippen LogP contribution < -0.4 is 0 Å². The molecule has 0 aromatic carbocycles. The van der Waals surface area contributed by atoms with E-state index in [1.165, 1.54) is 0 Å². The fourth-order valence-electron chi connectivity index (χ4n) is 0.373. The van der Waals surface area contributed by atoms with Crippen molar-refractivity contribution in [3.8, 4) is 0 Å². The molecule has 0 aliphatic rings. The van der Waals surface area contributed by atoms with Gasteiger partial charge < -0.3 is 0 Å². The number of hydrogen-bond acceptors (Lipinski definition) is 0. The average Bonchev–Trinajstić information content (AvgIpc) is 1.64. The van der Waals surface area contributed by atoms with Crippen LogP contribution in [0.1, 0.15) is 20.8 Å². The zero-order valence-corrected chi connectivity index (χ0v) is 7.10. The van der Waals surface area contributed by atoms with Crippen LogP contribution in [0, 0.1) is 5.92 Å². The quantitative estimate of drug-likeness (QED) is 0.580. The molecule has 0 aromatic heterocycles. The predicted molar refractivity (Wildman–Crippen MR) is 37.7 cm³/mol. The highest BCUT2D eigenvalue weighted by Crippen LogP contribution is 2.15. The van der Waals surface area contributed by atoms with Gasteiger partial charge in [-0.05, 0) is 12.8 Å². The molecule has 1 radical (unpaired) electrons. The maximum Gasteiger partial charge on any atom is 0.0938 e. The van der Waals surface area contributed by atoms with Crippen LogP contribution in [-0.2, 0) is 5.11 Å². The van der Waals surface area contributed by atoms with Gasteiger partial charge in [-0.1, -0.05) is 29.8 Å². The molecule has 0 aliphatic carbocycles. The summed E-state index contributed by atoms with van der Waals surface area (Å²) in [6.07, 6.45) is -0.454. The molecule has 0 saturated carbocycles. The van der Waals surface area contributed by atoms with Crippen LogP contribution in [0.15, 0.2) is 0 Å². The Morgan fingerprint density at radius 1 is 1.25 bits per heavy atom. The zero-order chi connectivity index (χ0) is 6.73. The summed E-state index contributed by atoms with van der Waals surface area (Å²) in [5, 5.41) is 10.6. The van der Waals surface area contributed by atoms with E-state index < -0.39 is 6.10 Å². The van der Waals surface area contributed by atoms with Crippen LogP contribution in [0.2, 0.25) is 0 Å². The second-order valence-corrected chi connectivity index (χ2v) is 3.69. The SMILES string of the molecule is CC([O])C(C)C(C)Br. The van der Waals surface area contributed by atoms with Crippen molar-refractivity contribution < 1.29 is 5.11 Å². The minimum absolute atomic E-state index is 0.231. The summed E-state index contributed by atoms with van der Waals surface area (Å²) >= 11 is 3.34. The van der Waals surface area contributed by atoms with E-state index in [2.05, 4.69) is 15.9 Å². The Bertz CT molecular complexity index is 53.5. The topological polar surface area (TPSA) is 19.9 Å². The molecule has 2 heteroatoms. The van der Waals surface area contributed by atoms with Gasteiger partial charge in [0.15, 0.2) is 0 Å². The first-order chi connectivity index (χ1) is 3.55. The molecule has 8 heavy (non-hydrogen) atoms. The maximum atomic E-state index is 10.6. The van der Waals surface area contributed by atoms with Gasteiger partial charge in [-0.2, -0.15) is 0 Å². The van der Waals surface area contributed by atoms with Crippen LogP contribution in [0.5, 0.6) is 0 Å². The summed E-state index contributed by atoms with van der Waals surface area (Å²) in [6.45, 7) is 5.65. The van der Waals surface area contributed by atoms with Crippen LogP contribution in [-0.4, -0.2) is 10.9 Å². The summed E-state index contributed by atoms with van der Waals surface area (Å²) in [5.74, 6) is 0.231. The Balaban J connectivity index is 3.46. The van der Waals surface area contributed by atoms with Crippen molar-refractivity contribution in [1.82, 2.24) is 0 Å². The monoisotopic (exact) mass is 179 g/mol. The van der Waals surface area contributed by atoms with E-state index in [0.29, 0.717) is 4.83 Å². The summed E-state index contributed by atoms with van der Waals surface area (Å²) in [7, 11) is 0. The molecule has 0 saturated heterocycles. The van der Waals surface area contributed by atoms with Crippen molar-refractivity contribution >= 4 is 15.9 Å². The molecular formula is C6H12BrO. The highest BCUT2D eigenvalue weighted by molar-refractivity contribution is 9.09. The molecule has 0 fully saturated rings. The highest BCUT2D eigenvalue weighted by Gasteiger charge is 2.14. The third kappa shape index (κ3) is 2.68. The summed E-state index contributed by atoms with van der Waals surface area (Å²) in [4.78, 5) is 0.343. The number of rotatable bonds is 2. The van der Waals surface area contributed by atoms with Crippen molar-refractivity contribution in [3.63, 3.8) is 0 Å². The summed E-state index contributed by atoms with van der Waals surface area (Å²) < 4.78 is 0. The van der Waals surface area contributed by atoms with Crippen LogP contribution in [0.25, 0.3) is 0 Å². The minimum atomic E-state index is -0.454. The predicted octanol–water partition coefficient (Wildman–Crippen LogP) is 2.22. The number of hydrogen-bond donors (Lipinski definition) is 0. The molecule has 0 bridgehead atoms. The fraction of sp³-hybridized carbons (Fsp3) is 1.00. The Morgan fingerprint density at radius 3 is 1.62 bits per heavy atom. The summed E-state index contributed by atoms with van der Waals surface area (Å²) in [5.41, 5.74) is 0. The normalized spacial score (nSPS) is 22.1. The van der Waals surface area contributed by atoms with Crippen LogP contribution in [0.3, 0.4) is 0 Å². The highest BCUT2D eigenvalue weighted by atomic mass is 79.9. The van der Waals surface area contributed by atoms with Gasteiger partial charge in [0.1, 0.15) is 0 Å². The van der Waals surface area contributed by atoms with Gasteiger partial charge in [-0.3, -0.25) is 0 Å². The van der Waals surface area contributed by atoms with Crippen molar-refractivity contribution in [2.45, 2.75) is 31.7 Å². The van der Waals surface area contributed by atoms with Gasteiger partial charge in [0.25, 0.3) is 0 Å². The van der Waals surface area contributed by atoms with Crippen molar-refractivity contribution in [1.29, 1.82) is 0 Å². The third-order valence-electron chi connectivity index (χ3n) is 1.46. The first kappa shape index (κ1) is 8.44. The van der Waals surface area contributed by atoms with Gasteiger partial charge in [0, 0.05) is 4.83 Å². The first-order valence-corrected chi connectivity index (χ1v) is 3.77. The van der Waals surface area contributed by atoms with Crippen molar-refractivity contribution in [2.75, 3.05) is 0 Å². The smallest absolute Gasteiger partial charge is 0.0938 e. The molecule has 1 nitrogen and oxygen atoms in total. The van der Waals surface area contributed by atoms with E-state index in [4.69, 9.17) is 0 Å². The fourth-order valence-corrected chi connectivity index (χ4v) is 0.803. The zero-order valence-electron chi connectivity index (χ0n) is 5.52. The summed E-state index contributed by atoms with van der Waals surface area (Å²) in [6, 6.07) is 0. The molecule has 0 spiro atoms. The molecule has 3 atom stereocenters. The molecule has 49 valence electrons. The van der Waals surface area contributed by atoms with Gasteiger partial charge in [0.2, 0.25) is 0 Å². The largest absolute Gasteiger partial charge is 0.233 e. The van der Waals surface area contributed by atoms with Crippen LogP contribution >= 0.6 is 15.9 Å². The average molecular weight is 180 g/mol. The molecule has 0 heterocycles. The number of alkyl halides is 1. The van der Waals surface area contributed by atoms with Crippen LogP contribution in [0.4, 0.5) is 0 Å². The Hall–Kier alpha value is 0.440. The molecule has 0 aliphatic heterocycles. The first-order valence-electron chi connectivity index (χ1n) is 2.85. The van der Waals surface area contributed by atoms with E-state index in [-0.39, 0.29) is 5.92 Å². The molecule has 0 amide bonds. The second kappa shape index (κ2) is 3.46. The van der Waals surface area contributed by atoms with E-state index in [9.17, 15) is 5.11 Å². The van der Waals surface area contributed by atoms with Gasteiger partial charge in [-0.15, -0.1) is 0 Å².